The average Bonchev–Trinajstić information content (AvgIpc) is 3.41. The Balaban J connectivity index is 3.13. The zero-order chi connectivity index (χ0) is 31.5. The minimum Gasteiger partial charge on any atom is -0.480 e. The van der Waals surface area contributed by atoms with Crippen molar-refractivity contribution in [2.75, 3.05) is 13.1 Å². The summed E-state index contributed by atoms with van der Waals surface area (Å²) in [5.74, 6) is -4.10. The molecule has 41 heavy (non-hydrogen) atoms. The van der Waals surface area contributed by atoms with Gasteiger partial charge in [-0.15, -0.1) is 0 Å². The summed E-state index contributed by atoms with van der Waals surface area (Å²) in [5.41, 5.74) is -0.707. The molecule has 12 heteroatoms. The number of aliphatic carboxylic acids is 1. The molecule has 0 radical (unpaired) electrons. The molecule has 0 aromatic heterocycles. The fourth-order valence-corrected chi connectivity index (χ4v) is 4.70. The van der Waals surface area contributed by atoms with Crippen LogP contribution in [0.3, 0.4) is 0 Å². The molecule has 0 unspecified atom stereocenters. The normalized spacial score (nSPS) is 16.5. The van der Waals surface area contributed by atoms with Crippen LogP contribution in [0, 0.1) is 17.3 Å². The van der Waals surface area contributed by atoms with E-state index >= 15 is 0 Å². The maximum Gasteiger partial charge on any atom is 0.326 e. The molecule has 1 aliphatic heterocycles. The van der Waals surface area contributed by atoms with Gasteiger partial charge in [0, 0.05) is 19.0 Å². The van der Waals surface area contributed by atoms with Crippen molar-refractivity contribution in [1.82, 2.24) is 26.2 Å². The van der Waals surface area contributed by atoms with Gasteiger partial charge in [-0.25, -0.2) is 4.79 Å². The Labute approximate surface area is 244 Å². The second kappa shape index (κ2) is 16.3. The van der Waals surface area contributed by atoms with Crippen molar-refractivity contribution >= 4 is 35.5 Å². The highest BCUT2D eigenvalue weighted by Gasteiger charge is 2.37. The molecule has 4 atom stereocenters. The predicted molar refractivity (Wildman–Crippen MR) is 154 cm³/mol. The third kappa shape index (κ3) is 11.7. The predicted octanol–water partition coefficient (Wildman–Crippen LogP) is 1.57. The first-order valence-corrected chi connectivity index (χ1v) is 14.7. The van der Waals surface area contributed by atoms with Crippen LogP contribution in [0.5, 0.6) is 0 Å². The van der Waals surface area contributed by atoms with Crippen molar-refractivity contribution in [2.45, 2.75) is 118 Å². The Bertz CT molecular complexity index is 936. The number of carbonyl (C=O) groups is 6. The average molecular weight is 582 g/mol. The minimum absolute atomic E-state index is 0.0127. The Kier molecular flexibility index (Phi) is 14.3. The highest BCUT2D eigenvalue weighted by Crippen LogP contribution is 2.21. The largest absolute Gasteiger partial charge is 0.480 e. The number of carbonyl (C=O) groups excluding carboxylic acids is 5. The van der Waals surface area contributed by atoms with Gasteiger partial charge >= 0.3 is 5.97 Å². The van der Waals surface area contributed by atoms with Crippen molar-refractivity contribution in [3.63, 3.8) is 0 Å². The van der Waals surface area contributed by atoms with Crippen LogP contribution in [0.15, 0.2) is 0 Å². The molecule has 1 aliphatic rings. The van der Waals surface area contributed by atoms with Gasteiger partial charge in [-0.05, 0) is 50.4 Å². The molecule has 12 nitrogen and oxygen atoms in total. The van der Waals surface area contributed by atoms with Gasteiger partial charge in [0.25, 0.3) is 0 Å². The maximum atomic E-state index is 13.5. The topological polar surface area (TPSA) is 174 Å². The van der Waals surface area contributed by atoms with E-state index in [0.717, 1.165) is 12.8 Å². The van der Waals surface area contributed by atoms with Crippen LogP contribution >= 0.6 is 0 Å². The number of amides is 5. The molecule has 234 valence electrons. The van der Waals surface area contributed by atoms with Crippen LogP contribution in [0.1, 0.15) is 93.9 Å². The molecule has 1 fully saturated rings. The summed E-state index contributed by atoms with van der Waals surface area (Å²) >= 11 is 0. The van der Waals surface area contributed by atoms with Gasteiger partial charge in [0.1, 0.15) is 24.2 Å². The summed E-state index contributed by atoms with van der Waals surface area (Å²) in [7, 11) is 0. The first-order chi connectivity index (χ1) is 19.0. The van der Waals surface area contributed by atoms with Gasteiger partial charge in [-0.1, -0.05) is 48.5 Å². The summed E-state index contributed by atoms with van der Waals surface area (Å²) in [6.07, 6.45) is 2.80. The van der Waals surface area contributed by atoms with Crippen LogP contribution in [0.4, 0.5) is 0 Å². The van der Waals surface area contributed by atoms with Gasteiger partial charge in [0.05, 0.1) is 6.42 Å². The van der Waals surface area contributed by atoms with Gasteiger partial charge in [0.2, 0.25) is 29.5 Å². The maximum absolute atomic E-state index is 13.5. The molecule has 0 spiro atoms. The van der Waals surface area contributed by atoms with E-state index < -0.39 is 53.3 Å². The number of carboxylic acid groups (broad SMARTS) is 1. The minimum atomic E-state index is -1.31. The van der Waals surface area contributed by atoms with E-state index in [1.807, 2.05) is 27.7 Å². The summed E-state index contributed by atoms with van der Waals surface area (Å²) in [4.78, 5) is 78.6. The third-order valence-corrected chi connectivity index (χ3v) is 7.32. The summed E-state index contributed by atoms with van der Waals surface area (Å²) in [5, 5.41) is 19.9. The Hall–Kier alpha value is -3.18. The summed E-state index contributed by atoms with van der Waals surface area (Å²) in [6, 6.07) is -4.56. The van der Waals surface area contributed by atoms with Gasteiger partial charge in [0.15, 0.2) is 0 Å². The molecule has 0 aromatic rings. The van der Waals surface area contributed by atoms with Crippen molar-refractivity contribution in [3.8, 4) is 0 Å². The number of nitrogens with zero attached hydrogens (tertiary/aromatic N) is 1. The first-order valence-electron chi connectivity index (χ1n) is 14.7. The van der Waals surface area contributed by atoms with E-state index in [4.69, 9.17) is 0 Å². The zero-order valence-corrected chi connectivity index (χ0v) is 26.0. The fraction of sp³-hybridized carbons (Fsp3) is 0.793. The number of nitrogens with one attached hydrogen (secondary N) is 4. The second-order valence-corrected chi connectivity index (χ2v) is 12.4. The van der Waals surface area contributed by atoms with E-state index in [1.165, 1.54) is 6.92 Å². The van der Waals surface area contributed by atoms with Crippen LogP contribution in [0.25, 0.3) is 0 Å². The molecular weight excluding hydrogens is 530 g/mol. The van der Waals surface area contributed by atoms with E-state index in [9.17, 15) is 33.9 Å². The summed E-state index contributed by atoms with van der Waals surface area (Å²) < 4.78 is 0. The fourth-order valence-electron chi connectivity index (χ4n) is 4.70. The van der Waals surface area contributed by atoms with Gasteiger partial charge in [-0.2, -0.15) is 0 Å². The quantitative estimate of drug-likeness (QED) is 0.195. The monoisotopic (exact) mass is 581 g/mol. The van der Waals surface area contributed by atoms with Crippen LogP contribution < -0.4 is 21.3 Å². The SMILES string of the molecule is CCC(CC)C(=O)N[C@H](C(=O)N[C@@H](CC(=O)N1CCCC1)C(=O)N[C@@H](C)C(=O)N[C@@H](CC(C)C)C(=O)O)C(C)(C)C. The van der Waals surface area contributed by atoms with Gasteiger partial charge in [-0.3, -0.25) is 24.0 Å². The molecule has 1 rings (SSSR count). The highest BCUT2D eigenvalue weighted by atomic mass is 16.4. The molecular formula is C29H51N5O7. The molecule has 1 saturated heterocycles. The molecule has 1 heterocycles. The van der Waals surface area contributed by atoms with E-state index in [1.54, 1.807) is 25.7 Å². The van der Waals surface area contributed by atoms with Crippen molar-refractivity contribution < 1.29 is 33.9 Å². The molecule has 0 aromatic carbocycles. The van der Waals surface area contributed by atoms with Crippen molar-refractivity contribution in [2.24, 2.45) is 17.3 Å². The number of likely N-dealkylation sites (tertiary alicyclic amines) is 1. The number of rotatable bonds is 15. The van der Waals surface area contributed by atoms with E-state index in [0.29, 0.717) is 25.9 Å². The Morgan fingerprint density at radius 3 is 1.76 bits per heavy atom. The lowest BCUT2D eigenvalue weighted by Gasteiger charge is -2.33. The standard InChI is InChI=1S/C29H51N5O7/c1-9-19(10-2)25(37)33-23(29(6,7)8)27(39)31-20(16-22(35)34-13-11-12-14-34)26(38)30-18(5)24(36)32-21(28(40)41)15-17(3)4/h17-21,23H,9-16H2,1-8H3,(H,30,38)(H,31,39)(H,32,36)(H,33,37)(H,40,41)/t18-,20-,21-,23+/m0/s1. The lowest BCUT2D eigenvalue weighted by atomic mass is 9.85. The Morgan fingerprint density at radius 2 is 1.29 bits per heavy atom. The van der Waals surface area contributed by atoms with E-state index in [-0.39, 0.29) is 36.5 Å². The van der Waals surface area contributed by atoms with Crippen LogP contribution in [-0.2, 0) is 28.8 Å². The lowest BCUT2D eigenvalue weighted by Crippen LogP contribution is -2.60. The van der Waals surface area contributed by atoms with E-state index in [2.05, 4.69) is 21.3 Å². The number of carboxylic acids is 1. The third-order valence-electron chi connectivity index (χ3n) is 7.32. The molecule has 0 bridgehead atoms. The molecule has 0 aliphatic carbocycles. The molecule has 5 amide bonds. The van der Waals surface area contributed by atoms with Crippen LogP contribution in [-0.4, -0.2) is 82.8 Å². The highest BCUT2D eigenvalue weighted by molar-refractivity contribution is 5.97. The molecule has 0 saturated carbocycles. The lowest BCUT2D eigenvalue weighted by molar-refractivity contribution is -0.143. The van der Waals surface area contributed by atoms with Crippen LogP contribution in [0.2, 0.25) is 0 Å². The zero-order valence-electron chi connectivity index (χ0n) is 26.0. The van der Waals surface area contributed by atoms with Crippen molar-refractivity contribution in [1.29, 1.82) is 0 Å². The smallest absolute Gasteiger partial charge is 0.326 e. The van der Waals surface area contributed by atoms with Gasteiger partial charge < -0.3 is 31.3 Å². The van der Waals surface area contributed by atoms with Crippen molar-refractivity contribution in [3.05, 3.63) is 0 Å². The Morgan fingerprint density at radius 1 is 0.756 bits per heavy atom. The number of hydrogen-bond acceptors (Lipinski definition) is 6. The summed E-state index contributed by atoms with van der Waals surface area (Å²) in [6.45, 7) is 15.3. The first kappa shape index (κ1) is 35.8. The molecule has 5 N–H and O–H groups in total. The number of hydrogen-bond donors (Lipinski definition) is 5. The second-order valence-electron chi connectivity index (χ2n) is 12.4.